The van der Waals surface area contributed by atoms with Crippen molar-refractivity contribution < 1.29 is 23.0 Å². The number of hydrogen-bond acceptors (Lipinski definition) is 3. The summed E-state index contributed by atoms with van der Waals surface area (Å²) < 4.78 is 35.0. The van der Waals surface area contributed by atoms with Crippen LogP contribution < -0.4 is 4.74 Å². The average molecular weight is 244 g/mol. The van der Waals surface area contributed by atoms with Crippen LogP contribution in [0.2, 0.25) is 0 Å². The molecule has 0 saturated carbocycles. The lowest BCUT2D eigenvalue weighted by atomic mass is 10.1. The van der Waals surface area contributed by atoms with E-state index >= 15 is 0 Å². The number of alkyl halides is 2. The van der Waals surface area contributed by atoms with E-state index in [4.69, 9.17) is 0 Å². The van der Waals surface area contributed by atoms with Gasteiger partial charge in [0, 0.05) is 0 Å². The van der Waals surface area contributed by atoms with Crippen molar-refractivity contribution in [2.45, 2.75) is 26.9 Å². The van der Waals surface area contributed by atoms with Crippen molar-refractivity contribution in [1.29, 1.82) is 0 Å². The highest BCUT2D eigenvalue weighted by Gasteiger charge is 2.44. The van der Waals surface area contributed by atoms with E-state index in [0.717, 1.165) is 11.1 Å². The minimum atomic E-state index is -3.96. The van der Waals surface area contributed by atoms with E-state index in [-0.39, 0.29) is 12.4 Å². The molecule has 1 rings (SSSR count). The van der Waals surface area contributed by atoms with E-state index in [1.54, 1.807) is 13.0 Å². The van der Waals surface area contributed by atoms with Crippen LogP contribution in [-0.2, 0) is 9.53 Å². The fourth-order valence-electron chi connectivity index (χ4n) is 1.18. The Hall–Kier alpha value is -1.65. The average Bonchev–Trinajstić information content (AvgIpc) is 2.23. The second kappa shape index (κ2) is 5.12. The molecule has 1 aromatic rings. The van der Waals surface area contributed by atoms with Crippen LogP contribution in [0.5, 0.6) is 5.75 Å². The molecule has 0 radical (unpaired) electrons. The summed E-state index contributed by atoms with van der Waals surface area (Å²) in [5.41, 5.74) is 1.76. The first-order valence-corrected chi connectivity index (χ1v) is 5.18. The molecule has 0 saturated heterocycles. The summed E-state index contributed by atoms with van der Waals surface area (Å²) in [5.74, 6) is -1.75. The van der Waals surface area contributed by atoms with Crippen LogP contribution in [0.3, 0.4) is 0 Å². The van der Waals surface area contributed by atoms with Crippen LogP contribution in [-0.4, -0.2) is 18.7 Å². The molecule has 0 fully saturated rings. The standard InChI is InChI=1S/C12H14F2O3/c1-4-16-11(15)12(13,14)17-10-6-5-8(2)9(3)7-10/h5-7H,4H2,1-3H3. The lowest BCUT2D eigenvalue weighted by Gasteiger charge is -2.16. The Morgan fingerprint density at radius 1 is 1.29 bits per heavy atom. The lowest BCUT2D eigenvalue weighted by molar-refractivity contribution is -0.216. The number of rotatable bonds is 4. The molecule has 1 aromatic carbocycles. The number of esters is 1. The van der Waals surface area contributed by atoms with Gasteiger partial charge in [-0.25, -0.2) is 4.79 Å². The van der Waals surface area contributed by atoms with Gasteiger partial charge in [-0.3, -0.25) is 0 Å². The summed E-state index contributed by atoms with van der Waals surface area (Å²) >= 11 is 0. The van der Waals surface area contributed by atoms with E-state index in [0.29, 0.717) is 0 Å². The van der Waals surface area contributed by atoms with Gasteiger partial charge in [-0.15, -0.1) is 0 Å². The maximum atomic E-state index is 13.2. The number of aryl methyl sites for hydroxylation is 2. The van der Waals surface area contributed by atoms with Crippen LogP contribution in [0.1, 0.15) is 18.1 Å². The minimum Gasteiger partial charge on any atom is -0.459 e. The Morgan fingerprint density at radius 2 is 1.94 bits per heavy atom. The summed E-state index contributed by atoms with van der Waals surface area (Å²) in [6, 6.07) is 4.48. The van der Waals surface area contributed by atoms with Gasteiger partial charge >= 0.3 is 12.1 Å². The quantitative estimate of drug-likeness (QED) is 0.764. The molecule has 17 heavy (non-hydrogen) atoms. The topological polar surface area (TPSA) is 35.5 Å². The monoisotopic (exact) mass is 244 g/mol. The molecule has 0 aromatic heterocycles. The molecule has 0 heterocycles. The first kappa shape index (κ1) is 13.4. The molecule has 0 aliphatic heterocycles. The zero-order valence-electron chi connectivity index (χ0n) is 9.92. The zero-order valence-corrected chi connectivity index (χ0v) is 9.92. The van der Waals surface area contributed by atoms with Gasteiger partial charge in [-0.2, -0.15) is 8.78 Å². The molecular formula is C12H14F2O3. The maximum absolute atomic E-state index is 13.2. The zero-order chi connectivity index (χ0) is 13.1. The van der Waals surface area contributed by atoms with Crippen molar-refractivity contribution in [3.63, 3.8) is 0 Å². The van der Waals surface area contributed by atoms with Crippen LogP contribution in [0.4, 0.5) is 8.78 Å². The molecule has 0 aliphatic rings. The van der Waals surface area contributed by atoms with E-state index in [1.807, 2.05) is 6.92 Å². The third-order valence-corrected chi connectivity index (χ3v) is 2.24. The van der Waals surface area contributed by atoms with Crippen LogP contribution >= 0.6 is 0 Å². The first-order valence-electron chi connectivity index (χ1n) is 5.18. The number of carbonyl (C=O) groups is 1. The Kier molecular flexibility index (Phi) is 4.04. The normalized spacial score (nSPS) is 11.1. The van der Waals surface area contributed by atoms with Gasteiger partial charge in [0.15, 0.2) is 0 Å². The summed E-state index contributed by atoms with van der Waals surface area (Å²) in [7, 11) is 0. The SMILES string of the molecule is CCOC(=O)C(F)(F)Oc1ccc(C)c(C)c1. The minimum absolute atomic E-state index is 0.0637. The molecule has 0 unspecified atom stereocenters. The number of halogens is 2. The van der Waals surface area contributed by atoms with Gasteiger partial charge in [0.25, 0.3) is 0 Å². The number of ether oxygens (including phenoxy) is 2. The third kappa shape index (κ3) is 3.41. The fourth-order valence-corrected chi connectivity index (χ4v) is 1.18. The van der Waals surface area contributed by atoms with Gasteiger partial charge < -0.3 is 9.47 Å². The molecule has 0 spiro atoms. The van der Waals surface area contributed by atoms with Crippen molar-refractivity contribution >= 4 is 5.97 Å². The van der Waals surface area contributed by atoms with E-state index in [2.05, 4.69) is 9.47 Å². The predicted molar refractivity (Wildman–Crippen MR) is 58.1 cm³/mol. The van der Waals surface area contributed by atoms with Crippen molar-refractivity contribution in [2.24, 2.45) is 0 Å². The number of carbonyl (C=O) groups excluding carboxylic acids is 1. The van der Waals surface area contributed by atoms with E-state index in [9.17, 15) is 13.6 Å². The molecule has 0 aliphatic carbocycles. The summed E-state index contributed by atoms with van der Waals surface area (Å²) in [6.45, 7) is 4.95. The van der Waals surface area contributed by atoms with Crippen molar-refractivity contribution in [3.05, 3.63) is 29.3 Å². The van der Waals surface area contributed by atoms with Crippen LogP contribution in [0.25, 0.3) is 0 Å². The third-order valence-electron chi connectivity index (χ3n) is 2.24. The van der Waals surface area contributed by atoms with Crippen LogP contribution in [0, 0.1) is 13.8 Å². The predicted octanol–water partition coefficient (Wildman–Crippen LogP) is 2.84. The smallest absolute Gasteiger partial charge is 0.459 e. The van der Waals surface area contributed by atoms with Gasteiger partial charge in [-0.05, 0) is 44.0 Å². The van der Waals surface area contributed by atoms with Gasteiger partial charge in [0.05, 0.1) is 6.61 Å². The van der Waals surface area contributed by atoms with Crippen molar-refractivity contribution in [2.75, 3.05) is 6.61 Å². The highest BCUT2D eigenvalue weighted by atomic mass is 19.3. The number of hydrogen-bond donors (Lipinski definition) is 0. The van der Waals surface area contributed by atoms with E-state index in [1.165, 1.54) is 19.1 Å². The van der Waals surface area contributed by atoms with Gasteiger partial charge in [0.2, 0.25) is 0 Å². The maximum Gasteiger partial charge on any atom is 0.502 e. The van der Waals surface area contributed by atoms with Gasteiger partial charge in [0.1, 0.15) is 5.75 Å². The molecular weight excluding hydrogens is 230 g/mol. The van der Waals surface area contributed by atoms with Crippen molar-refractivity contribution in [3.8, 4) is 5.75 Å². The second-order valence-electron chi connectivity index (χ2n) is 3.59. The van der Waals surface area contributed by atoms with E-state index < -0.39 is 12.1 Å². The molecule has 0 N–H and O–H groups in total. The van der Waals surface area contributed by atoms with Gasteiger partial charge in [-0.1, -0.05) is 6.07 Å². The second-order valence-corrected chi connectivity index (χ2v) is 3.59. The lowest BCUT2D eigenvalue weighted by Crippen LogP contribution is -2.36. The largest absolute Gasteiger partial charge is 0.502 e. The first-order chi connectivity index (χ1) is 7.86. The molecule has 0 bridgehead atoms. The number of benzene rings is 1. The molecule has 5 heteroatoms. The molecule has 94 valence electrons. The molecule has 3 nitrogen and oxygen atoms in total. The summed E-state index contributed by atoms with van der Waals surface area (Å²) in [6.07, 6.45) is -3.96. The Bertz CT molecular complexity index is 416. The molecule has 0 amide bonds. The van der Waals surface area contributed by atoms with Crippen LogP contribution in [0.15, 0.2) is 18.2 Å². The fraction of sp³-hybridized carbons (Fsp3) is 0.417. The highest BCUT2D eigenvalue weighted by molar-refractivity contribution is 5.76. The highest BCUT2D eigenvalue weighted by Crippen LogP contribution is 2.24. The Balaban J connectivity index is 2.82. The van der Waals surface area contributed by atoms with Crippen molar-refractivity contribution in [1.82, 2.24) is 0 Å². The summed E-state index contributed by atoms with van der Waals surface area (Å²) in [4.78, 5) is 10.9. The Morgan fingerprint density at radius 3 is 2.47 bits per heavy atom. The molecule has 0 atom stereocenters. The Labute approximate surface area is 98.3 Å². The summed E-state index contributed by atoms with van der Waals surface area (Å²) in [5, 5.41) is 0.